The molecule has 1 aromatic carbocycles. The molecule has 1 aliphatic rings. The first-order chi connectivity index (χ1) is 12.9. The Morgan fingerprint density at radius 2 is 1.85 bits per heavy atom. The van der Waals surface area contributed by atoms with E-state index in [1.54, 1.807) is 22.8 Å². The maximum Gasteiger partial charge on any atom is 0.262 e. The number of halogens is 2. The Bertz CT molecular complexity index is 1030. The van der Waals surface area contributed by atoms with Crippen molar-refractivity contribution in [1.29, 1.82) is 0 Å². The Labute approximate surface area is 166 Å². The number of rotatable bonds is 3. The smallest absolute Gasteiger partial charge is 0.262 e. The first-order valence-electron chi connectivity index (χ1n) is 8.80. The normalized spacial score (nSPS) is 17.5. The lowest BCUT2D eigenvalue weighted by atomic mass is 9.91. The van der Waals surface area contributed by atoms with Crippen LogP contribution in [-0.4, -0.2) is 49.9 Å². The Kier molecular flexibility index (Phi) is 4.76. The van der Waals surface area contributed by atoms with E-state index >= 15 is 0 Å². The van der Waals surface area contributed by atoms with Crippen molar-refractivity contribution in [2.75, 3.05) is 20.1 Å². The predicted octanol–water partition coefficient (Wildman–Crippen LogP) is 2.95. The van der Waals surface area contributed by atoms with Crippen LogP contribution in [0.1, 0.15) is 12.8 Å². The standard InChI is InChI=1S/C19H20Cl2N4O2/c1-23-8-6-19(27,7-9-23)11-24-12-22-17-15(18(24)26)10-16(21)25(17)14-4-2-13(20)3-5-14/h2-5,10,12,27H,6-9,11H2,1H3. The van der Waals surface area contributed by atoms with Crippen molar-refractivity contribution in [1.82, 2.24) is 19.0 Å². The molecule has 0 spiro atoms. The molecular formula is C19H20Cl2N4O2. The van der Waals surface area contributed by atoms with Crippen LogP contribution < -0.4 is 5.56 Å². The maximum atomic E-state index is 13.0. The van der Waals surface area contributed by atoms with Crippen molar-refractivity contribution in [2.45, 2.75) is 25.0 Å². The Hall–Kier alpha value is -1.86. The number of hydrogen-bond acceptors (Lipinski definition) is 4. The molecule has 3 aromatic rings. The fourth-order valence-electron chi connectivity index (χ4n) is 3.54. The first-order valence-corrected chi connectivity index (χ1v) is 9.55. The molecule has 142 valence electrons. The molecule has 0 unspecified atom stereocenters. The van der Waals surface area contributed by atoms with E-state index in [4.69, 9.17) is 23.2 Å². The number of aromatic nitrogens is 3. The van der Waals surface area contributed by atoms with Gasteiger partial charge in [0.05, 0.1) is 17.5 Å². The summed E-state index contributed by atoms with van der Waals surface area (Å²) < 4.78 is 3.19. The van der Waals surface area contributed by atoms with Crippen molar-refractivity contribution >= 4 is 34.2 Å². The number of likely N-dealkylation sites (tertiary alicyclic amines) is 1. The summed E-state index contributed by atoms with van der Waals surface area (Å²) in [5.41, 5.74) is 0.160. The second-order valence-corrected chi connectivity index (χ2v) is 8.05. The summed E-state index contributed by atoms with van der Waals surface area (Å²) in [5, 5.41) is 12.3. The zero-order valence-corrected chi connectivity index (χ0v) is 16.4. The third kappa shape index (κ3) is 3.50. The predicted molar refractivity (Wildman–Crippen MR) is 107 cm³/mol. The molecule has 27 heavy (non-hydrogen) atoms. The van der Waals surface area contributed by atoms with Crippen molar-refractivity contribution in [2.24, 2.45) is 0 Å². The number of nitrogens with zero attached hydrogens (tertiary/aromatic N) is 4. The van der Waals surface area contributed by atoms with Gasteiger partial charge in [-0.05, 0) is 50.2 Å². The van der Waals surface area contributed by atoms with Gasteiger partial charge in [0.1, 0.15) is 11.5 Å². The topological polar surface area (TPSA) is 63.3 Å². The van der Waals surface area contributed by atoms with E-state index < -0.39 is 5.60 Å². The molecule has 4 rings (SSSR count). The van der Waals surface area contributed by atoms with Crippen molar-refractivity contribution < 1.29 is 5.11 Å². The Morgan fingerprint density at radius 1 is 1.19 bits per heavy atom. The fraction of sp³-hybridized carbons (Fsp3) is 0.368. The molecule has 0 atom stereocenters. The van der Waals surface area contributed by atoms with Gasteiger partial charge in [-0.1, -0.05) is 23.2 Å². The summed E-state index contributed by atoms with van der Waals surface area (Å²) in [7, 11) is 2.03. The Balaban J connectivity index is 1.73. The Morgan fingerprint density at radius 3 is 2.52 bits per heavy atom. The van der Waals surface area contributed by atoms with Gasteiger partial charge in [-0.25, -0.2) is 4.98 Å². The second-order valence-electron chi connectivity index (χ2n) is 7.22. The van der Waals surface area contributed by atoms with Crippen LogP contribution in [0.3, 0.4) is 0 Å². The lowest BCUT2D eigenvalue weighted by Gasteiger charge is -2.36. The molecule has 8 heteroatoms. The van der Waals surface area contributed by atoms with Gasteiger partial charge < -0.3 is 10.0 Å². The van der Waals surface area contributed by atoms with E-state index in [2.05, 4.69) is 9.88 Å². The van der Waals surface area contributed by atoms with Crippen molar-refractivity contribution in [3.05, 3.63) is 57.2 Å². The van der Waals surface area contributed by atoms with Crippen LogP contribution in [0.5, 0.6) is 0 Å². The van der Waals surface area contributed by atoms with E-state index in [0.717, 1.165) is 18.8 Å². The zero-order valence-electron chi connectivity index (χ0n) is 14.9. The highest BCUT2D eigenvalue weighted by Crippen LogP contribution is 2.26. The number of piperidine rings is 1. The molecule has 1 saturated heterocycles. The number of fused-ring (bicyclic) bond motifs is 1. The van der Waals surface area contributed by atoms with E-state index in [-0.39, 0.29) is 12.1 Å². The third-order valence-corrected chi connectivity index (χ3v) is 5.74. The summed E-state index contributed by atoms with van der Waals surface area (Å²) in [4.78, 5) is 19.6. The third-order valence-electron chi connectivity index (χ3n) is 5.21. The van der Waals surface area contributed by atoms with Crippen molar-refractivity contribution in [3.8, 4) is 5.69 Å². The van der Waals surface area contributed by atoms with Gasteiger partial charge in [-0.3, -0.25) is 13.9 Å². The molecular weight excluding hydrogens is 387 g/mol. The van der Waals surface area contributed by atoms with Crippen LogP contribution in [0.25, 0.3) is 16.7 Å². The summed E-state index contributed by atoms with van der Waals surface area (Å²) in [6, 6.07) is 8.78. The summed E-state index contributed by atoms with van der Waals surface area (Å²) in [5.74, 6) is 0. The molecule has 0 amide bonds. The first kappa shape index (κ1) is 18.5. The number of aliphatic hydroxyl groups is 1. The molecule has 1 fully saturated rings. The number of hydrogen-bond donors (Lipinski definition) is 1. The zero-order chi connectivity index (χ0) is 19.2. The van der Waals surface area contributed by atoms with Gasteiger partial charge in [0.25, 0.3) is 5.56 Å². The van der Waals surface area contributed by atoms with Gasteiger partial charge in [0.2, 0.25) is 0 Å². The SMILES string of the molecule is CN1CCC(O)(Cn2cnc3c(cc(Cl)n3-c3ccc(Cl)cc3)c2=O)CC1. The highest BCUT2D eigenvalue weighted by atomic mass is 35.5. The van der Waals surface area contributed by atoms with Crippen molar-refractivity contribution in [3.63, 3.8) is 0 Å². The second kappa shape index (κ2) is 6.95. The monoisotopic (exact) mass is 406 g/mol. The van der Waals surface area contributed by atoms with Gasteiger partial charge in [0.15, 0.2) is 5.65 Å². The molecule has 3 heterocycles. The summed E-state index contributed by atoms with van der Waals surface area (Å²) >= 11 is 12.3. The molecule has 2 aromatic heterocycles. The summed E-state index contributed by atoms with van der Waals surface area (Å²) in [6.45, 7) is 1.84. The molecule has 0 aliphatic carbocycles. The fourth-order valence-corrected chi connectivity index (χ4v) is 3.96. The van der Waals surface area contributed by atoms with E-state index in [9.17, 15) is 9.90 Å². The van der Waals surface area contributed by atoms with E-state index in [1.165, 1.54) is 10.9 Å². The van der Waals surface area contributed by atoms with Crippen LogP contribution in [0.4, 0.5) is 0 Å². The van der Waals surface area contributed by atoms with Crippen LogP contribution in [-0.2, 0) is 6.54 Å². The van der Waals surface area contributed by atoms with Gasteiger partial charge in [0, 0.05) is 23.8 Å². The highest BCUT2D eigenvalue weighted by molar-refractivity contribution is 6.31. The highest BCUT2D eigenvalue weighted by Gasteiger charge is 2.32. The molecule has 1 aliphatic heterocycles. The molecule has 0 saturated carbocycles. The molecule has 0 radical (unpaired) electrons. The quantitative estimate of drug-likeness (QED) is 0.725. The van der Waals surface area contributed by atoms with E-state index in [0.29, 0.717) is 34.1 Å². The summed E-state index contributed by atoms with van der Waals surface area (Å²) in [6.07, 6.45) is 2.74. The minimum Gasteiger partial charge on any atom is -0.388 e. The molecule has 0 bridgehead atoms. The molecule has 6 nitrogen and oxygen atoms in total. The van der Waals surface area contributed by atoms with Crippen LogP contribution in [0, 0.1) is 0 Å². The largest absolute Gasteiger partial charge is 0.388 e. The lowest BCUT2D eigenvalue weighted by Crippen LogP contribution is -2.46. The maximum absolute atomic E-state index is 13.0. The average molecular weight is 407 g/mol. The number of benzene rings is 1. The minimum atomic E-state index is -0.895. The minimum absolute atomic E-state index is 0.207. The average Bonchev–Trinajstić information content (AvgIpc) is 2.98. The van der Waals surface area contributed by atoms with E-state index in [1.807, 2.05) is 19.2 Å². The lowest BCUT2D eigenvalue weighted by molar-refractivity contribution is -0.0298. The van der Waals surface area contributed by atoms with Crippen LogP contribution in [0.2, 0.25) is 10.2 Å². The van der Waals surface area contributed by atoms with Crippen LogP contribution >= 0.6 is 23.2 Å². The van der Waals surface area contributed by atoms with Crippen LogP contribution in [0.15, 0.2) is 41.5 Å². The van der Waals surface area contributed by atoms with Gasteiger partial charge in [-0.2, -0.15) is 0 Å². The van der Waals surface area contributed by atoms with Gasteiger partial charge in [-0.15, -0.1) is 0 Å². The molecule has 1 N–H and O–H groups in total. The van der Waals surface area contributed by atoms with Gasteiger partial charge >= 0.3 is 0 Å².